The summed E-state index contributed by atoms with van der Waals surface area (Å²) < 4.78 is 6.42. The first-order valence-electron chi connectivity index (χ1n) is 11.3. The molecule has 5 rings (SSSR count). The molecule has 2 heterocycles. The Bertz CT molecular complexity index is 1190. The summed E-state index contributed by atoms with van der Waals surface area (Å²) >= 11 is 3.37. The molecule has 0 aromatic heterocycles. The van der Waals surface area contributed by atoms with Gasteiger partial charge in [0.1, 0.15) is 5.75 Å². The highest BCUT2D eigenvalue weighted by atomic mass is 79.9. The Morgan fingerprint density at radius 3 is 2.32 bits per heavy atom. The molecule has 0 N–H and O–H groups in total. The average molecular weight is 523 g/mol. The standard InChI is InChI=1S/C26H23BrN2O5/c1-15-3-2-4-21-23(15)25(32)29(24(21)31)19-9-11-20(12-10-19)34-26(33)16-13-22(30)28(14-16)18-7-5-17(27)6-8-18/h2-3,5-12,15-16,21,23H,4,13-14H2,1H3/t15-,16+,21+,23-/m1/s1. The number of benzene rings is 2. The zero-order valence-corrected chi connectivity index (χ0v) is 20.1. The largest absolute Gasteiger partial charge is 0.426 e. The molecule has 0 bridgehead atoms. The van der Waals surface area contributed by atoms with E-state index in [1.807, 2.05) is 43.3 Å². The van der Waals surface area contributed by atoms with E-state index < -0.39 is 11.9 Å². The molecule has 8 heteroatoms. The lowest BCUT2D eigenvalue weighted by molar-refractivity contribution is -0.139. The molecule has 3 amide bonds. The second kappa shape index (κ2) is 8.83. The van der Waals surface area contributed by atoms with Crippen LogP contribution in [0.2, 0.25) is 0 Å². The summed E-state index contributed by atoms with van der Waals surface area (Å²) in [4.78, 5) is 53.8. The van der Waals surface area contributed by atoms with Crippen LogP contribution in [0.5, 0.6) is 5.75 Å². The third kappa shape index (κ3) is 3.96. The van der Waals surface area contributed by atoms with Crippen LogP contribution in [0.25, 0.3) is 0 Å². The van der Waals surface area contributed by atoms with Crippen LogP contribution in [-0.4, -0.2) is 30.2 Å². The van der Waals surface area contributed by atoms with Gasteiger partial charge in [-0.1, -0.05) is 35.0 Å². The lowest BCUT2D eigenvalue weighted by atomic mass is 9.78. The Hall–Kier alpha value is -3.26. The molecule has 0 spiro atoms. The van der Waals surface area contributed by atoms with Crippen molar-refractivity contribution in [2.24, 2.45) is 23.7 Å². The molecule has 1 aliphatic carbocycles. The molecule has 2 aliphatic heterocycles. The summed E-state index contributed by atoms with van der Waals surface area (Å²) in [7, 11) is 0. The minimum Gasteiger partial charge on any atom is -0.426 e. The van der Waals surface area contributed by atoms with E-state index in [1.165, 1.54) is 4.90 Å². The average Bonchev–Trinajstić information content (AvgIpc) is 3.33. The molecule has 0 saturated carbocycles. The number of nitrogens with zero attached hydrogens (tertiary/aromatic N) is 2. The van der Waals surface area contributed by atoms with Crippen molar-refractivity contribution in [3.63, 3.8) is 0 Å². The van der Waals surface area contributed by atoms with Gasteiger partial charge in [0.25, 0.3) is 0 Å². The first-order valence-corrected chi connectivity index (χ1v) is 12.0. The second-order valence-electron chi connectivity index (χ2n) is 8.96. The molecule has 34 heavy (non-hydrogen) atoms. The van der Waals surface area contributed by atoms with Gasteiger partial charge in [0, 0.05) is 23.1 Å². The molecular weight excluding hydrogens is 500 g/mol. The second-order valence-corrected chi connectivity index (χ2v) is 9.88. The number of carbonyl (C=O) groups is 4. The molecule has 0 radical (unpaired) electrons. The van der Waals surface area contributed by atoms with E-state index in [0.29, 0.717) is 17.9 Å². The van der Waals surface area contributed by atoms with Crippen LogP contribution >= 0.6 is 15.9 Å². The third-order valence-corrected chi connectivity index (χ3v) is 7.31. The van der Waals surface area contributed by atoms with Crippen molar-refractivity contribution >= 4 is 51.0 Å². The van der Waals surface area contributed by atoms with E-state index in [9.17, 15) is 19.2 Å². The van der Waals surface area contributed by atoms with Crippen molar-refractivity contribution in [3.05, 3.63) is 65.2 Å². The van der Waals surface area contributed by atoms with Crippen molar-refractivity contribution in [2.45, 2.75) is 19.8 Å². The van der Waals surface area contributed by atoms with Gasteiger partial charge in [0.2, 0.25) is 17.7 Å². The van der Waals surface area contributed by atoms with E-state index in [4.69, 9.17) is 4.74 Å². The number of halogens is 1. The van der Waals surface area contributed by atoms with Gasteiger partial charge in [-0.3, -0.25) is 24.1 Å². The number of allylic oxidation sites excluding steroid dienone is 2. The molecule has 7 nitrogen and oxygen atoms in total. The van der Waals surface area contributed by atoms with Gasteiger partial charge >= 0.3 is 5.97 Å². The quantitative estimate of drug-likeness (QED) is 0.261. The normalized spacial score (nSPS) is 26.2. The fourth-order valence-electron chi connectivity index (χ4n) is 5.00. The molecule has 2 aromatic rings. The van der Waals surface area contributed by atoms with Gasteiger partial charge in [-0.25, -0.2) is 0 Å². The number of hydrogen-bond donors (Lipinski definition) is 0. The Morgan fingerprint density at radius 2 is 1.65 bits per heavy atom. The number of carbonyl (C=O) groups excluding carboxylic acids is 4. The molecule has 0 unspecified atom stereocenters. The molecule has 2 saturated heterocycles. The maximum absolute atomic E-state index is 12.9. The fraction of sp³-hybridized carbons (Fsp3) is 0.308. The highest BCUT2D eigenvalue weighted by molar-refractivity contribution is 9.10. The van der Waals surface area contributed by atoms with Crippen LogP contribution in [0.4, 0.5) is 11.4 Å². The van der Waals surface area contributed by atoms with E-state index in [1.54, 1.807) is 29.2 Å². The number of esters is 1. The maximum atomic E-state index is 12.9. The summed E-state index contributed by atoms with van der Waals surface area (Å²) in [6.45, 7) is 2.21. The molecule has 2 aromatic carbocycles. The number of imide groups is 1. The summed E-state index contributed by atoms with van der Waals surface area (Å²) in [5, 5.41) is 0. The van der Waals surface area contributed by atoms with Crippen molar-refractivity contribution < 1.29 is 23.9 Å². The van der Waals surface area contributed by atoms with Crippen LogP contribution in [-0.2, 0) is 19.2 Å². The number of ether oxygens (including phenoxy) is 1. The van der Waals surface area contributed by atoms with E-state index in [-0.39, 0.29) is 48.4 Å². The van der Waals surface area contributed by atoms with Gasteiger partial charge < -0.3 is 9.64 Å². The Morgan fingerprint density at radius 1 is 0.971 bits per heavy atom. The Labute approximate surface area is 205 Å². The zero-order valence-electron chi connectivity index (χ0n) is 18.5. The monoisotopic (exact) mass is 522 g/mol. The summed E-state index contributed by atoms with van der Waals surface area (Å²) in [6, 6.07) is 13.7. The van der Waals surface area contributed by atoms with Crippen LogP contribution in [0.3, 0.4) is 0 Å². The van der Waals surface area contributed by atoms with Gasteiger partial charge in [0.15, 0.2) is 0 Å². The smallest absolute Gasteiger partial charge is 0.316 e. The maximum Gasteiger partial charge on any atom is 0.316 e. The summed E-state index contributed by atoms with van der Waals surface area (Å²) in [5.41, 5.74) is 1.20. The highest BCUT2D eigenvalue weighted by Gasteiger charge is 2.50. The SMILES string of the molecule is C[C@@H]1C=CC[C@@H]2C(=O)N(c3ccc(OC(=O)[C@H]4CC(=O)N(c5ccc(Br)cc5)C4)cc3)C(=O)[C@H]12. The van der Waals surface area contributed by atoms with E-state index in [0.717, 1.165) is 10.2 Å². The van der Waals surface area contributed by atoms with Gasteiger partial charge in [-0.15, -0.1) is 0 Å². The third-order valence-electron chi connectivity index (χ3n) is 6.78. The summed E-state index contributed by atoms with van der Waals surface area (Å²) in [6.07, 6.45) is 4.61. The molecule has 3 aliphatic rings. The number of fused-ring (bicyclic) bond motifs is 1. The van der Waals surface area contributed by atoms with Crippen LogP contribution in [0, 0.1) is 23.7 Å². The van der Waals surface area contributed by atoms with Crippen molar-refractivity contribution in [1.29, 1.82) is 0 Å². The first kappa shape index (κ1) is 22.5. The van der Waals surface area contributed by atoms with Gasteiger partial charge in [-0.2, -0.15) is 0 Å². The van der Waals surface area contributed by atoms with Gasteiger partial charge in [0.05, 0.1) is 23.4 Å². The number of hydrogen-bond acceptors (Lipinski definition) is 5. The molecule has 4 atom stereocenters. The van der Waals surface area contributed by atoms with Crippen molar-refractivity contribution in [3.8, 4) is 5.75 Å². The predicted octanol–water partition coefficient (Wildman–Crippen LogP) is 4.11. The predicted molar refractivity (Wildman–Crippen MR) is 129 cm³/mol. The van der Waals surface area contributed by atoms with Crippen LogP contribution in [0.15, 0.2) is 65.2 Å². The summed E-state index contributed by atoms with van der Waals surface area (Å²) in [5.74, 6) is -1.89. The van der Waals surface area contributed by atoms with E-state index >= 15 is 0 Å². The Kier molecular flexibility index (Phi) is 5.85. The highest BCUT2D eigenvalue weighted by Crippen LogP contribution is 2.40. The fourth-order valence-corrected chi connectivity index (χ4v) is 5.27. The number of anilines is 2. The molecular formula is C26H23BrN2O5. The van der Waals surface area contributed by atoms with Crippen molar-refractivity contribution in [1.82, 2.24) is 0 Å². The van der Waals surface area contributed by atoms with Crippen LogP contribution < -0.4 is 14.5 Å². The number of rotatable bonds is 4. The van der Waals surface area contributed by atoms with E-state index in [2.05, 4.69) is 15.9 Å². The molecule has 174 valence electrons. The zero-order chi connectivity index (χ0) is 24.0. The topological polar surface area (TPSA) is 84.0 Å². The van der Waals surface area contributed by atoms with Gasteiger partial charge in [-0.05, 0) is 60.9 Å². The minimum atomic E-state index is -0.574. The number of amides is 3. The van der Waals surface area contributed by atoms with Crippen LogP contribution in [0.1, 0.15) is 19.8 Å². The first-order chi connectivity index (χ1) is 16.3. The lowest BCUT2D eigenvalue weighted by Crippen LogP contribution is -2.31. The Balaban J connectivity index is 1.25. The molecule has 2 fully saturated rings. The van der Waals surface area contributed by atoms with Crippen molar-refractivity contribution in [2.75, 3.05) is 16.3 Å². The minimum absolute atomic E-state index is 0.0199. The lowest BCUT2D eigenvalue weighted by Gasteiger charge is -2.22.